The molecule has 0 N–H and O–H groups in total. The average Bonchev–Trinajstić information content (AvgIpc) is 3.06. The van der Waals surface area contributed by atoms with E-state index in [4.69, 9.17) is 19.5 Å². The van der Waals surface area contributed by atoms with Crippen LogP contribution in [0.3, 0.4) is 0 Å². The summed E-state index contributed by atoms with van der Waals surface area (Å²) in [7, 11) is 1.72. The van der Waals surface area contributed by atoms with Gasteiger partial charge in [0, 0.05) is 34.2 Å². The van der Waals surface area contributed by atoms with Crippen LogP contribution in [0.25, 0.3) is 27.5 Å². The molecule has 4 nitrogen and oxygen atoms in total. The first-order valence-corrected chi connectivity index (χ1v) is 14.2. The molecule has 204 valence electrons. The standard InChI is InChI=1S/C38H30N2O2/c1-41-36-21-11-7-15-28(36)34-23-27(38-30-17-5-9-19-32(30)39-33-20-10-6-18-31(33)38)24-35(40-34)29-16-8-12-22-37(29)42-25-26-13-3-2-4-14-26/h2-22,24,27H,23,25H2,1H3. The lowest BCUT2D eigenvalue weighted by Gasteiger charge is -2.25. The highest BCUT2D eigenvalue weighted by Gasteiger charge is 2.26. The number of methoxy groups -OCH3 is 1. The molecule has 42 heavy (non-hydrogen) atoms. The molecule has 0 amide bonds. The van der Waals surface area contributed by atoms with Crippen molar-refractivity contribution in [2.45, 2.75) is 18.9 Å². The zero-order valence-corrected chi connectivity index (χ0v) is 23.4. The van der Waals surface area contributed by atoms with Gasteiger partial charge in [0.1, 0.15) is 18.1 Å². The fourth-order valence-corrected chi connectivity index (χ4v) is 5.89. The number of rotatable bonds is 7. The highest BCUT2D eigenvalue weighted by atomic mass is 16.5. The topological polar surface area (TPSA) is 43.7 Å². The molecule has 0 aliphatic carbocycles. The minimum atomic E-state index is 0.0531. The van der Waals surface area contributed by atoms with Crippen molar-refractivity contribution in [3.63, 3.8) is 0 Å². The molecule has 7 rings (SSSR count). The summed E-state index contributed by atoms with van der Waals surface area (Å²) in [5.41, 5.74) is 8.21. The molecule has 4 heteroatoms. The lowest BCUT2D eigenvalue weighted by Crippen LogP contribution is -2.14. The summed E-state index contributed by atoms with van der Waals surface area (Å²) in [4.78, 5) is 10.3. The van der Waals surface area contributed by atoms with Crippen molar-refractivity contribution < 1.29 is 9.47 Å². The van der Waals surface area contributed by atoms with E-state index < -0.39 is 0 Å². The molecule has 0 saturated carbocycles. The number of aromatic nitrogens is 1. The second-order valence-electron chi connectivity index (χ2n) is 10.5. The number of para-hydroxylation sites is 4. The molecule has 1 unspecified atom stereocenters. The number of hydrogen-bond acceptors (Lipinski definition) is 4. The van der Waals surface area contributed by atoms with E-state index in [-0.39, 0.29) is 5.92 Å². The first-order chi connectivity index (χ1) is 20.8. The molecule has 0 fully saturated rings. The Balaban J connectivity index is 1.41. The zero-order chi connectivity index (χ0) is 28.3. The largest absolute Gasteiger partial charge is 0.496 e. The highest BCUT2D eigenvalue weighted by Crippen LogP contribution is 2.42. The fourth-order valence-electron chi connectivity index (χ4n) is 5.89. The van der Waals surface area contributed by atoms with Crippen LogP contribution in [0.15, 0.2) is 138 Å². The van der Waals surface area contributed by atoms with Crippen LogP contribution in [0.2, 0.25) is 0 Å². The van der Waals surface area contributed by atoms with Gasteiger partial charge >= 0.3 is 0 Å². The van der Waals surface area contributed by atoms with Gasteiger partial charge in [-0.2, -0.15) is 0 Å². The van der Waals surface area contributed by atoms with Crippen molar-refractivity contribution in [3.05, 3.63) is 156 Å². The van der Waals surface area contributed by atoms with Crippen LogP contribution in [-0.4, -0.2) is 17.8 Å². The molecule has 0 radical (unpaired) electrons. The summed E-state index contributed by atoms with van der Waals surface area (Å²) in [6.07, 6.45) is 3.03. The third-order valence-electron chi connectivity index (χ3n) is 7.85. The van der Waals surface area contributed by atoms with Crippen LogP contribution in [0.4, 0.5) is 0 Å². The van der Waals surface area contributed by atoms with Crippen molar-refractivity contribution in [2.24, 2.45) is 4.99 Å². The van der Waals surface area contributed by atoms with Crippen molar-refractivity contribution in [3.8, 4) is 11.5 Å². The van der Waals surface area contributed by atoms with Crippen LogP contribution in [-0.2, 0) is 6.61 Å². The summed E-state index contributed by atoms with van der Waals surface area (Å²) < 4.78 is 12.2. The van der Waals surface area contributed by atoms with Crippen LogP contribution >= 0.6 is 0 Å². The number of aliphatic imine (C=N–C) groups is 1. The number of ether oxygens (including phenoxy) is 2. The Hall–Kier alpha value is -5.22. The molecule has 5 aromatic carbocycles. The van der Waals surface area contributed by atoms with Gasteiger partial charge in [-0.3, -0.25) is 4.99 Å². The number of pyridine rings is 1. The van der Waals surface area contributed by atoms with Crippen LogP contribution in [0.5, 0.6) is 11.5 Å². The average molecular weight is 547 g/mol. The molecule has 0 bridgehead atoms. The maximum absolute atomic E-state index is 6.40. The summed E-state index contributed by atoms with van der Waals surface area (Å²) in [6, 6.07) is 43.4. The van der Waals surface area contributed by atoms with Crippen molar-refractivity contribution in [1.82, 2.24) is 4.98 Å². The maximum Gasteiger partial charge on any atom is 0.129 e. The quantitative estimate of drug-likeness (QED) is 0.188. The van der Waals surface area contributed by atoms with Gasteiger partial charge in [0.2, 0.25) is 0 Å². The lowest BCUT2D eigenvalue weighted by atomic mass is 9.83. The highest BCUT2D eigenvalue weighted by molar-refractivity contribution is 6.08. The summed E-state index contributed by atoms with van der Waals surface area (Å²) in [5, 5.41) is 2.32. The lowest BCUT2D eigenvalue weighted by molar-refractivity contribution is 0.305. The first-order valence-electron chi connectivity index (χ1n) is 14.2. The fraction of sp³-hybridized carbons (Fsp3) is 0.105. The minimum absolute atomic E-state index is 0.0531. The van der Waals surface area contributed by atoms with Gasteiger partial charge in [-0.25, -0.2) is 4.98 Å². The smallest absolute Gasteiger partial charge is 0.129 e. The molecular formula is C38H30N2O2. The Labute approximate surface area is 245 Å². The van der Waals surface area contributed by atoms with E-state index in [1.165, 1.54) is 5.56 Å². The Bertz CT molecular complexity index is 1910. The van der Waals surface area contributed by atoms with Crippen LogP contribution in [0, 0.1) is 0 Å². The number of nitrogens with zero attached hydrogens (tertiary/aromatic N) is 2. The van der Waals surface area contributed by atoms with Crippen molar-refractivity contribution in [1.29, 1.82) is 0 Å². The Morgan fingerprint density at radius 3 is 1.95 bits per heavy atom. The van der Waals surface area contributed by atoms with Crippen molar-refractivity contribution in [2.75, 3.05) is 7.11 Å². The van der Waals surface area contributed by atoms with Gasteiger partial charge in [0.05, 0.1) is 29.6 Å². The monoisotopic (exact) mass is 546 g/mol. The molecule has 6 aromatic rings. The summed E-state index contributed by atoms with van der Waals surface area (Å²) >= 11 is 0. The van der Waals surface area contributed by atoms with Crippen LogP contribution in [0.1, 0.15) is 34.6 Å². The number of benzene rings is 5. The van der Waals surface area contributed by atoms with Gasteiger partial charge in [-0.05, 0) is 47.5 Å². The number of allylic oxidation sites excluding steroid dienone is 1. The number of hydrogen-bond donors (Lipinski definition) is 0. The second-order valence-corrected chi connectivity index (χ2v) is 10.5. The molecule has 1 aliphatic rings. The van der Waals surface area contributed by atoms with E-state index in [1.54, 1.807) is 7.11 Å². The van der Waals surface area contributed by atoms with E-state index in [2.05, 4.69) is 78.9 Å². The minimum Gasteiger partial charge on any atom is -0.496 e. The molecule has 1 atom stereocenters. The Morgan fingerprint density at radius 1 is 0.643 bits per heavy atom. The maximum atomic E-state index is 6.40. The molecule has 0 spiro atoms. The van der Waals surface area contributed by atoms with E-state index in [0.717, 1.165) is 67.8 Å². The van der Waals surface area contributed by atoms with Gasteiger partial charge in [0.15, 0.2) is 0 Å². The third kappa shape index (κ3) is 4.92. The first kappa shape index (κ1) is 25.7. The van der Waals surface area contributed by atoms with Gasteiger partial charge in [-0.15, -0.1) is 0 Å². The molecule has 0 saturated heterocycles. The summed E-state index contributed by atoms with van der Waals surface area (Å²) in [5.74, 6) is 1.67. The van der Waals surface area contributed by atoms with Crippen LogP contribution < -0.4 is 9.47 Å². The van der Waals surface area contributed by atoms with Gasteiger partial charge < -0.3 is 9.47 Å². The summed E-state index contributed by atoms with van der Waals surface area (Å²) in [6.45, 7) is 0.483. The molecule has 1 aromatic heterocycles. The SMILES string of the molecule is COc1ccccc1C1=NC(c2ccccc2OCc2ccccc2)=CC(c2c3ccccc3nc3ccccc23)C1. The van der Waals surface area contributed by atoms with E-state index in [9.17, 15) is 0 Å². The molecular weight excluding hydrogens is 516 g/mol. The third-order valence-corrected chi connectivity index (χ3v) is 7.85. The predicted molar refractivity (Wildman–Crippen MR) is 171 cm³/mol. The molecule has 2 heterocycles. The van der Waals surface area contributed by atoms with E-state index in [1.807, 2.05) is 54.6 Å². The normalized spacial score (nSPS) is 14.8. The Morgan fingerprint density at radius 2 is 1.24 bits per heavy atom. The van der Waals surface area contributed by atoms with Crippen molar-refractivity contribution >= 4 is 33.2 Å². The Kier molecular flexibility index (Phi) is 6.95. The van der Waals surface area contributed by atoms with E-state index >= 15 is 0 Å². The number of fused-ring (bicyclic) bond motifs is 2. The van der Waals surface area contributed by atoms with Gasteiger partial charge in [0.25, 0.3) is 0 Å². The zero-order valence-electron chi connectivity index (χ0n) is 23.4. The predicted octanol–water partition coefficient (Wildman–Crippen LogP) is 8.99. The van der Waals surface area contributed by atoms with E-state index in [0.29, 0.717) is 6.61 Å². The van der Waals surface area contributed by atoms with Gasteiger partial charge in [-0.1, -0.05) is 97.1 Å². The molecule has 1 aliphatic heterocycles. The second kappa shape index (κ2) is 11.3.